The molecule has 1 N–H and O–H groups in total. The summed E-state index contributed by atoms with van der Waals surface area (Å²) in [6.45, 7) is 12.4. The van der Waals surface area contributed by atoms with Crippen LogP contribution in [-0.4, -0.2) is 65.4 Å². The zero-order chi connectivity index (χ0) is 16.3. The van der Waals surface area contributed by atoms with Crippen molar-refractivity contribution >= 4 is 6.09 Å². The molecule has 0 radical (unpaired) electrons. The fourth-order valence-corrected chi connectivity index (χ4v) is 2.87. The molecule has 0 aromatic rings. The molecule has 0 aromatic heterocycles. The van der Waals surface area contributed by atoms with Gasteiger partial charge in [0.2, 0.25) is 0 Å². The van der Waals surface area contributed by atoms with Crippen LogP contribution in [0.4, 0.5) is 4.79 Å². The fourth-order valence-electron chi connectivity index (χ4n) is 2.87. The fraction of sp³-hybridized carbons (Fsp3) is 0.938. The topological polar surface area (TPSA) is 53.0 Å². The maximum absolute atomic E-state index is 12.1. The smallest absolute Gasteiger partial charge is 0.410 e. The van der Waals surface area contributed by atoms with Gasteiger partial charge in [-0.15, -0.1) is 0 Å². The van der Waals surface area contributed by atoms with Crippen molar-refractivity contribution in [3.8, 4) is 0 Å². The Morgan fingerprint density at radius 3 is 2.48 bits per heavy atom. The lowest BCUT2D eigenvalue weighted by Crippen LogP contribution is -2.46. The van der Waals surface area contributed by atoms with Crippen LogP contribution >= 0.6 is 0 Å². The molecule has 21 heavy (non-hydrogen) atoms. The van der Waals surface area contributed by atoms with E-state index in [4.69, 9.17) is 4.74 Å². The number of carbonyl (C=O) groups excluding carboxylic acids is 1. The molecule has 1 fully saturated rings. The Hall–Kier alpha value is -0.810. The van der Waals surface area contributed by atoms with Gasteiger partial charge in [0.1, 0.15) is 5.60 Å². The second kappa shape index (κ2) is 6.97. The predicted molar refractivity (Wildman–Crippen MR) is 84.3 cm³/mol. The van der Waals surface area contributed by atoms with Crippen LogP contribution in [0.1, 0.15) is 47.5 Å². The lowest BCUT2D eigenvalue weighted by molar-refractivity contribution is 0.00987. The van der Waals surface area contributed by atoms with E-state index in [9.17, 15) is 9.90 Å². The number of ether oxygens (including phenoxy) is 1. The van der Waals surface area contributed by atoms with Gasteiger partial charge in [0, 0.05) is 26.2 Å². The van der Waals surface area contributed by atoms with Crippen molar-refractivity contribution in [2.75, 3.05) is 33.2 Å². The van der Waals surface area contributed by atoms with Crippen LogP contribution in [0.3, 0.4) is 0 Å². The monoisotopic (exact) mass is 300 g/mol. The largest absolute Gasteiger partial charge is 0.444 e. The summed E-state index contributed by atoms with van der Waals surface area (Å²) in [5.74, 6) is 0.443. The number of aliphatic hydroxyl groups is 1. The number of piperidine rings is 1. The second-order valence-corrected chi connectivity index (χ2v) is 7.94. The summed E-state index contributed by atoms with van der Waals surface area (Å²) in [4.78, 5) is 16.1. The number of likely N-dealkylation sites (tertiary alicyclic amines) is 1. The van der Waals surface area contributed by atoms with Gasteiger partial charge in [0.05, 0.1) is 5.60 Å². The first-order valence-corrected chi connectivity index (χ1v) is 7.85. The molecule has 0 bridgehead atoms. The highest BCUT2D eigenvalue weighted by molar-refractivity contribution is 5.68. The van der Waals surface area contributed by atoms with Gasteiger partial charge in [-0.2, -0.15) is 0 Å². The number of rotatable bonds is 4. The lowest BCUT2D eigenvalue weighted by Gasteiger charge is -2.36. The van der Waals surface area contributed by atoms with Gasteiger partial charge in [-0.25, -0.2) is 4.79 Å². The van der Waals surface area contributed by atoms with Crippen LogP contribution in [-0.2, 0) is 4.74 Å². The molecule has 1 saturated heterocycles. The van der Waals surface area contributed by atoms with E-state index in [1.807, 2.05) is 46.6 Å². The molecule has 1 heterocycles. The zero-order valence-electron chi connectivity index (χ0n) is 14.5. The normalized spacial score (nSPS) is 20.8. The summed E-state index contributed by atoms with van der Waals surface area (Å²) in [6, 6.07) is 0. The first kappa shape index (κ1) is 18.2. The maximum atomic E-state index is 12.1. The number of hydrogen-bond acceptors (Lipinski definition) is 4. The van der Waals surface area contributed by atoms with Crippen molar-refractivity contribution < 1.29 is 14.6 Å². The molecule has 1 amide bonds. The zero-order valence-corrected chi connectivity index (χ0v) is 14.5. The van der Waals surface area contributed by atoms with Crippen LogP contribution in [0.5, 0.6) is 0 Å². The number of hydrogen-bond donors (Lipinski definition) is 1. The molecule has 1 rings (SSSR count). The highest BCUT2D eigenvalue weighted by Gasteiger charge is 2.28. The molecule has 1 atom stereocenters. The Labute approximate surface area is 129 Å². The minimum absolute atomic E-state index is 0.211. The van der Waals surface area contributed by atoms with Gasteiger partial charge in [0.15, 0.2) is 0 Å². The van der Waals surface area contributed by atoms with Crippen LogP contribution < -0.4 is 0 Å². The molecule has 5 nitrogen and oxygen atoms in total. The average molecular weight is 300 g/mol. The van der Waals surface area contributed by atoms with Gasteiger partial charge in [-0.1, -0.05) is 0 Å². The van der Waals surface area contributed by atoms with E-state index in [1.54, 1.807) is 0 Å². The Morgan fingerprint density at radius 1 is 1.33 bits per heavy atom. The van der Waals surface area contributed by atoms with Crippen molar-refractivity contribution in [2.45, 2.75) is 58.7 Å². The van der Waals surface area contributed by atoms with E-state index in [2.05, 4.69) is 4.90 Å². The highest BCUT2D eigenvalue weighted by atomic mass is 16.6. The van der Waals surface area contributed by atoms with E-state index >= 15 is 0 Å². The Morgan fingerprint density at radius 2 is 1.95 bits per heavy atom. The van der Waals surface area contributed by atoms with Gasteiger partial charge >= 0.3 is 6.09 Å². The van der Waals surface area contributed by atoms with Crippen LogP contribution in [0.2, 0.25) is 0 Å². The Bertz CT molecular complexity index is 344. The lowest BCUT2D eigenvalue weighted by atomic mass is 9.97. The number of likely N-dealkylation sites (N-methyl/N-ethyl adjacent to an activating group) is 1. The number of carbonyl (C=O) groups is 1. The molecule has 0 saturated carbocycles. The van der Waals surface area contributed by atoms with E-state index in [0.29, 0.717) is 12.5 Å². The van der Waals surface area contributed by atoms with Crippen LogP contribution in [0.25, 0.3) is 0 Å². The quantitative estimate of drug-likeness (QED) is 0.866. The molecule has 0 spiro atoms. The number of nitrogens with zero attached hydrogens (tertiary/aromatic N) is 2. The minimum Gasteiger partial charge on any atom is -0.444 e. The third kappa shape index (κ3) is 7.67. The third-order valence-corrected chi connectivity index (χ3v) is 3.40. The van der Waals surface area contributed by atoms with Crippen molar-refractivity contribution in [3.63, 3.8) is 0 Å². The molecular formula is C16H32N2O3. The van der Waals surface area contributed by atoms with Crippen molar-refractivity contribution in [1.82, 2.24) is 9.80 Å². The molecule has 5 heteroatoms. The summed E-state index contributed by atoms with van der Waals surface area (Å²) in [5, 5.41) is 9.86. The summed E-state index contributed by atoms with van der Waals surface area (Å²) in [7, 11) is 2.02. The van der Waals surface area contributed by atoms with E-state index in [1.165, 1.54) is 0 Å². The maximum Gasteiger partial charge on any atom is 0.410 e. The SMILES string of the molecule is CN(CC1CCCN(C(=O)OC(C)(C)C)C1)CC(C)(C)O. The van der Waals surface area contributed by atoms with E-state index in [0.717, 1.165) is 32.5 Å². The summed E-state index contributed by atoms with van der Waals surface area (Å²) < 4.78 is 5.44. The van der Waals surface area contributed by atoms with Gasteiger partial charge in [-0.05, 0) is 60.4 Å². The van der Waals surface area contributed by atoms with Crippen molar-refractivity contribution in [1.29, 1.82) is 0 Å². The average Bonchev–Trinajstić information content (AvgIpc) is 2.24. The summed E-state index contributed by atoms with van der Waals surface area (Å²) in [6.07, 6.45) is 1.92. The third-order valence-electron chi connectivity index (χ3n) is 3.40. The first-order valence-electron chi connectivity index (χ1n) is 7.85. The molecular weight excluding hydrogens is 268 g/mol. The van der Waals surface area contributed by atoms with Crippen LogP contribution in [0.15, 0.2) is 0 Å². The van der Waals surface area contributed by atoms with Gasteiger partial charge in [-0.3, -0.25) is 0 Å². The molecule has 0 aliphatic carbocycles. The molecule has 1 aliphatic rings. The van der Waals surface area contributed by atoms with E-state index < -0.39 is 11.2 Å². The highest BCUT2D eigenvalue weighted by Crippen LogP contribution is 2.20. The number of amides is 1. The summed E-state index contributed by atoms with van der Waals surface area (Å²) in [5.41, 5.74) is -1.13. The van der Waals surface area contributed by atoms with Crippen molar-refractivity contribution in [2.24, 2.45) is 5.92 Å². The minimum atomic E-state index is -0.686. The standard InChI is InChI=1S/C16H32N2O3/c1-15(2,3)21-14(19)18-9-7-8-13(11-18)10-17(6)12-16(4,5)20/h13,20H,7-12H2,1-6H3. The Kier molecular flexibility index (Phi) is 6.05. The predicted octanol–water partition coefficient (Wildman–Crippen LogP) is 2.34. The van der Waals surface area contributed by atoms with Crippen LogP contribution in [0, 0.1) is 5.92 Å². The first-order chi connectivity index (χ1) is 9.46. The molecule has 1 unspecified atom stereocenters. The van der Waals surface area contributed by atoms with E-state index in [-0.39, 0.29) is 6.09 Å². The van der Waals surface area contributed by atoms with Gasteiger partial charge < -0.3 is 19.6 Å². The molecule has 124 valence electrons. The molecule has 0 aromatic carbocycles. The summed E-state index contributed by atoms with van der Waals surface area (Å²) >= 11 is 0. The second-order valence-electron chi connectivity index (χ2n) is 7.94. The Balaban J connectivity index is 2.47. The molecule has 1 aliphatic heterocycles. The van der Waals surface area contributed by atoms with Gasteiger partial charge in [0.25, 0.3) is 0 Å². The van der Waals surface area contributed by atoms with Crippen molar-refractivity contribution in [3.05, 3.63) is 0 Å².